The third kappa shape index (κ3) is 2.66. The van der Waals surface area contributed by atoms with E-state index in [0.717, 1.165) is 4.88 Å². The molecular formula is C12H16N2O2S. The van der Waals surface area contributed by atoms with Crippen molar-refractivity contribution in [3.8, 4) is 0 Å². The highest BCUT2D eigenvalue weighted by Gasteiger charge is 2.30. The zero-order valence-corrected chi connectivity index (χ0v) is 10.8. The SMILES string of the molecule is Cc1ccc(CC(=O)N(C)C2CCNC2=O)s1. The number of aryl methyl sites for hydroxylation is 1. The van der Waals surface area contributed by atoms with Crippen LogP contribution in [-0.2, 0) is 16.0 Å². The molecule has 1 unspecified atom stereocenters. The fourth-order valence-electron chi connectivity index (χ4n) is 1.98. The summed E-state index contributed by atoms with van der Waals surface area (Å²) in [6.07, 6.45) is 1.10. The number of likely N-dealkylation sites (N-methyl/N-ethyl adjacent to an activating group) is 1. The van der Waals surface area contributed by atoms with Crippen molar-refractivity contribution in [3.05, 3.63) is 21.9 Å². The average Bonchev–Trinajstić information content (AvgIpc) is 2.86. The van der Waals surface area contributed by atoms with Gasteiger partial charge in [0.25, 0.3) is 0 Å². The molecule has 92 valence electrons. The Hall–Kier alpha value is -1.36. The summed E-state index contributed by atoms with van der Waals surface area (Å²) in [5.74, 6) is -0.0305. The van der Waals surface area contributed by atoms with Crippen LogP contribution in [0.1, 0.15) is 16.2 Å². The highest BCUT2D eigenvalue weighted by molar-refractivity contribution is 7.12. The summed E-state index contributed by atoms with van der Waals surface area (Å²) in [6.45, 7) is 2.69. The number of hydrogen-bond donors (Lipinski definition) is 1. The standard InChI is InChI=1S/C12H16N2O2S/c1-8-3-4-9(17-8)7-11(15)14(2)10-5-6-13-12(10)16/h3-4,10H,5-7H2,1-2H3,(H,13,16). The molecule has 1 saturated heterocycles. The van der Waals surface area contributed by atoms with Crippen molar-refractivity contribution in [1.29, 1.82) is 0 Å². The fourth-order valence-corrected chi connectivity index (χ4v) is 2.86. The molecule has 0 aromatic carbocycles. The number of carbonyl (C=O) groups excluding carboxylic acids is 2. The number of nitrogens with one attached hydrogen (secondary N) is 1. The third-order valence-electron chi connectivity index (χ3n) is 3.00. The summed E-state index contributed by atoms with van der Waals surface area (Å²) < 4.78 is 0. The molecule has 17 heavy (non-hydrogen) atoms. The zero-order valence-electron chi connectivity index (χ0n) is 10.0. The van der Waals surface area contributed by atoms with E-state index in [-0.39, 0.29) is 17.9 Å². The van der Waals surface area contributed by atoms with Crippen molar-refractivity contribution in [2.45, 2.75) is 25.8 Å². The highest BCUT2D eigenvalue weighted by atomic mass is 32.1. The molecule has 1 aliphatic rings. The lowest BCUT2D eigenvalue weighted by molar-refractivity contribution is -0.136. The van der Waals surface area contributed by atoms with E-state index in [1.807, 2.05) is 19.1 Å². The molecule has 0 aliphatic carbocycles. The summed E-state index contributed by atoms with van der Waals surface area (Å²) in [6, 6.07) is 3.69. The highest BCUT2D eigenvalue weighted by Crippen LogP contribution is 2.17. The Morgan fingerprint density at radius 2 is 2.35 bits per heavy atom. The summed E-state index contributed by atoms with van der Waals surface area (Å²) in [4.78, 5) is 27.3. The van der Waals surface area contributed by atoms with Crippen molar-refractivity contribution in [3.63, 3.8) is 0 Å². The number of amides is 2. The average molecular weight is 252 g/mol. The minimum Gasteiger partial charge on any atom is -0.354 e. The van der Waals surface area contributed by atoms with Crippen molar-refractivity contribution >= 4 is 23.2 Å². The van der Waals surface area contributed by atoms with Gasteiger partial charge in [-0.2, -0.15) is 0 Å². The van der Waals surface area contributed by atoms with E-state index in [1.165, 1.54) is 4.88 Å². The van der Waals surface area contributed by atoms with Crippen molar-refractivity contribution in [2.24, 2.45) is 0 Å². The summed E-state index contributed by atoms with van der Waals surface area (Å²) >= 11 is 1.63. The molecule has 2 amide bonds. The molecule has 2 heterocycles. The summed E-state index contributed by atoms with van der Waals surface area (Å²) in [5, 5.41) is 2.74. The normalized spacial score (nSPS) is 19.2. The molecule has 1 aliphatic heterocycles. The predicted molar refractivity (Wildman–Crippen MR) is 66.9 cm³/mol. The van der Waals surface area contributed by atoms with Gasteiger partial charge < -0.3 is 10.2 Å². The largest absolute Gasteiger partial charge is 0.354 e. The van der Waals surface area contributed by atoms with Crippen LogP contribution in [0.5, 0.6) is 0 Å². The molecule has 0 bridgehead atoms. The Labute approximate surface area is 105 Å². The lowest BCUT2D eigenvalue weighted by atomic mass is 10.2. The Bertz CT molecular complexity index is 441. The van der Waals surface area contributed by atoms with Gasteiger partial charge in [0.1, 0.15) is 6.04 Å². The molecule has 1 aromatic heterocycles. The molecule has 0 saturated carbocycles. The first-order valence-corrected chi connectivity index (χ1v) is 6.48. The minimum atomic E-state index is -0.288. The van der Waals surface area contributed by atoms with Gasteiger partial charge in [0.2, 0.25) is 11.8 Å². The third-order valence-corrected chi connectivity index (χ3v) is 4.00. The van der Waals surface area contributed by atoms with Crippen molar-refractivity contribution in [1.82, 2.24) is 10.2 Å². The molecule has 4 nitrogen and oxygen atoms in total. The van der Waals surface area contributed by atoms with Crippen LogP contribution in [0.2, 0.25) is 0 Å². The predicted octanol–water partition coefficient (Wildman–Crippen LogP) is 0.946. The first-order chi connectivity index (χ1) is 8.08. The monoisotopic (exact) mass is 252 g/mol. The second kappa shape index (κ2) is 4.87. The lowest BCUT2D eigenvalue weighted by Gasteiger charge is -2.21. The first-order valence-electron chi connectivity index (χ1n) is 5.66. The van der Waals surface area contributed by atoms with Gasteiger partial charge in [-0.3, -0.25) is 9.59 Å². The summed E-state index contributed by atoms with van der Waals surface area (Å²) in [5.41, 5.74) is 0. The second-order valence-electron chi connectivity index (χ2n) is 4.29. The van der Waals surface area contributed by atoms with Crippen LogP contribution in [0, 0.1) is 6.92 Å². The Kier molecular flexibility index (Phi) is 3.47. The quantitative estimate of drug-likeness (QED) is 0.870. The topological polar surface area (TPSA) is 49.4 Å². The van der Waals surface area contributed by atoms with E-state index in [2.05, 4.69) is 5.32 Å². The molecular weight excluding hydrogens is 236 g/mol. The Morgan fingerprint density at radius 3 is 2.88 bits per heavy atom. The number of carbonyl (C=O) groups is 2. The van der Waals surface area contributed by atoms with E-state index >= 15 is 0 Å². The molecule has 1 aromatic rings. The molecule has 1 N–H and O–H groups in total. The zero-order chi connectivity index (χ0) is 12.4. The van der Waals surface area contributed by atoms with E-state index in [0.29, 0.717) is 19.4 Å². The molecule has 0 spiro atoms. The molecule has 5 heteroatoms. The van der Waals surface area contributed by atoms with Crippen LogP contribution < -0.4 is 5.32 Å². The maximum Gasteiger partial charge on any atom is 0.242 e. The van der Waals surface area contributed by atoms with E-state index in [4.69, 9.17) is 0 Å². The van der Waals surface area contributed by atoms with Gasteiger partial charge in [-0.25, -0.2) is 0 Å². The van der Waals surface area contributed by atoms with E-state index in [1.54, 1.807) is 23.3 Å². The number of rotatable bonds is 3. The smallest absolute Gasteiger partial charge is 0.242 e. The van der Waals surface area contributed by atoms with Gasteiger partial charge >= 0.3 is 0 Å². The Morgan fingerprint density at radius 1 is 1.59 bits per heavy atom. The van der Waals surface area contributed by atoms with Crippen molar-refractivity contribution in [2.75, 3.05) is 13.6 Å². The van der Waals surface area contributed by atoms with Gasteiger partial charge in [-0.05, 0) is 25.5 Å². The van der Waals surface area contributed by atoms with Crippen molar-refractivity contribution < 1.29 is 9.59 Å². The lowest BCUT2D eigenvalue weighted by Crippen LogP contribution is -2.42. The maximum absolute atomic E-state index is 12.0. The van der Waals surface area contributed by atoms with Crippen LogP contribution in [-0.4, -0.2) is 36.3 Å². The number of nitrogens with zero attached hydrogens (tertiary/aromatic N) is 1. The van der Waals surface area contributed by atoms with Gasteiger partial charge in [-0.1, -0.05) is 0 Å². The van der Waals surface area contributed by atoms with E-state index < -0.39 is 0 Å². The molecule has 0 radical (unpaired) electrons. The van der Waals surface area contributed by atoms with Crippen LogP contribution >= 0.6 is 11.3 Å². The Balaban J connectivity index is 1.97. The van der Waals surface area contributed by atoms with Gasteiger partial charge in [0.05, 0.1) is 6.42 Å². The van der Waals surface area contributed by atoms with Gasteiger partial charge in [0.15, 0.2) is 0 Å². The number of hydrogen-bond acceptors (Lipinski definition) is 3. The molecule has 2 rings (SSSR count). The van der Waals surface area contributed by atoms with Crippen LogP contribution in [0.25, 0.3) is 0 Å². The fraction of sp³-hybridized carbons (Fsp3) is 0.500. The van der Waals surface area contributed by atoms with E-state index in [9.17, 15) is 9.59 Å². The minimum absolute atomic E-state index is 0.00824. The summed E-state index contributed by atoms with van der Waals surface area (Å²) in [7, 11) is 1.71. The van der Waals surface area contributed by atoms with Gasteiger partial charge in [-0.15, -0.1) is 11.3 Å². The number of thiophene rings is 1. The van der Waals surface area contributed by atoms with Gasteiger partial charge in [0, 0.05) is 23.3 Å². The maximum atomic E-state index is 12.0. The van der Waals surface area contributed by atoms with Crippen LogP contribution in [0.15, 0.2) is 12.1 Å². The molecule has 1 fully saturated rings. The second-order valence-corrected chi connectivity index (χ2v) is 5.66. The molecule has 1 atom stereocenters. The van der Waals surface area contributed by atoms with Crippen LogP contribution in [0.4, 0.5) is 0 Å². The first kappa shape index (κ1) is 12.1. The van der Waals surface area contributed by atoms with Crippen LogP contribution in [0.3, 0.4) is 0 Å².